The molecule has 0 aliphatic rings. The summed E-state index contributed by atoms with van der Waals surface area (Å²) < 4.78 is 11.4. The van der Waals surface area contributed by atoms with E-state index in [2.05, 4.69) is 51.2 Å². The summed E-state index contributed by atoms with van der Waals surface area (Å²) in [5.74, 6) is 0. The van der Waals surface area contributed by atoms with Crippen molar-refractivity contribution in [3.05, 3.63) is 34.9 Å². The van der Waals surface area contributed by atoms with Crippen LogP contribution in [0, 0.1) is 13.8 Å². The molecule has 0 spiro atoms. The van der Waals surface area contributed by atoms with Crippen LogP contribution in [0.5, 0.6) is 0 Å². The maximum absolute atomic E-state index is 5.96. The number of ether oxygens (including phenoxy) is 2. The Kier molecular flexibility index (Phi) is 8.58. The second-order valence-electron chi connectivity index (χ2n) is 5.67. The summed E-state index contributed by atoms with van der Waals surface area (Å²) in [4.78, 5) is 0. The molecule has 0 radical (unpaired) electrons. The van der Waals surface area contributed by atoms with Crippen LogP contribution in [-0.4, -0.2) is 32.5 Å². The Balaban J connectivity index is 2.66. The van der Waals surface area contributed by atoms with E-state index in [1.807, 2.05) is 6.92 Å². The van der Waals surface area contributed by atoms with Crippen molar-refractivity contribution in [3.8, 4) is 0 Å². The molecular weight excluding hydrogens is 262 g/mol. The molecule has 1 aromatic rings. The van der Waals surface area contributed by atoms with Gasteiger partial charge in [0.2, 0.25) is 0 Å². The van der Waals surface area contributed by atoms with Gasteiger partial charge in [-0.3, -0.25) is 0 Å². The first-order valence-electron chi connectivity index (χ1n) is 8.08. The third-order valence-electron chi connectivity index (χ3n) is 3.55. The fraction of sp³-hybridized carbons (Fsp3) is 0.667. The van der Waals surface area contributed by atoms with Crippen LogP contribution in [0.15, 0.2) is 18.2 Å². The maximum atomic E-state index is 5.96. The molecule has 21 heavy (non-hydrogen) atoms. The van der Waals surface area contributed by atoms with E-state index in [1.54, 1.807) is 0 Å². The lowest BCUT2D eigenvalue weighted by Crippen LogP contribution is -2.29. The van der Waals surface area contributed by atoms with Gasteiger partial charge in [0.05, 0.1) is 25.4 Å². The van der Waals surface area contributed by atoms with Crippen molar-refractivity contribution < 1.29 is 9.47 Å². The third-order valence-corrected chi connectivity index (χ3v) is 3.55. The average Bonchev–Trinajstić information content (AvgIpc) is 2.46. The van der Waals surface area contributed by atoms with Gasteiger partial charge in [-0.05, 0) is 51.8 Å². The van der Waals surface area contributed by atoms with Crippen molar-refractivity contribution in [2.45, 2.75) is 53.2 Å². The van der Waals surface area contributed by atoms with Gasteiger partial charge in [0.1, 0.15) is 0 Å². The third kappa shape index (κ3) is 6.60. The number of hydrogen-bond acceptors (Lipinski definition) is 3. The molecule has 3 nitrogen and oxygen atoms in total. The van der Waals surface area contributed by atoms with E-state index in [0.717, 1.165) is 19.6 Å². The summed E-state index contributed by atoms with van der Waals surface area (Å²) in [6, 6.07) is 6.87. The topological polar surface area (TPSA) is 30.5 Å². The zero-order valence-corrected chi connectivity index (χ0v) is 14.2. The van der Waals surface area contributed by atoms with Gasteiger partial charge in [-0.1, -0.05) is 30.7 Å². The fourth-order valence-electron chi connectivity index (χ4n) is 2.39. The van der Waals surface area contributed by atoms with E-state index in [1.165, 1.54) is 16.7 Å². The molecule has 0 amide bonds. The van der Waals surface area contributed by atoms with E-state index in [-0.39, 0.29) is 12.1 Å². The van der Waals surface area contributed by atoms with Crippen molar-refractivity contribution in [2.24, 2.45) is 0 Å². The minimum absolute atomic E-state index is 0.127. The lowest BCUT2D eigenvalue weighted by atomic mass is 9.99. The average molecular weight is 293 g/mol. The molecule has 120 valence electrons. The maximum Gasteiger partial charge on any atom is 0.0781 e. The van der Waals surface area contributed by atoms with E-state index >= 15 is 0 Å². The van der Waals surface area contributed by atoms with E-state index < -0.39 is 0 Å². The Hall–Kier alpha value is -0.900. The van der Waals surface area contributed by atoms with Crippen LogP contribution in [-0.2, 0) is 9.47 Å². The summed E-state index contributed by atoms with van der Waals surface area (Å²) in [6.45, 7) is 13.6. The Morgan fingerprint density at radius 1 is 1.14 bits per heavy atom. The monoisotopic (exact) mass is 293 g/mol. The highest BCUT2D eigenvalue weighted by Gasteiger charge is 2.15. The minimum atomic E-state index is 0.127. The number of rotatable bonds is 10. The van der Waals surface area contributed by atoms with Gasteiger partial charge in [0, 0.05) is 6.61 Å². The summed E-state index contributed by atoms with van der Waals surface area (Å²) in [6.07, 6.45) is 1.25. The predicted molar refractivity (Wildman–Crippen MR) is 88.9 cm³/mol. The van der Waals surface area contributed by atoms with Crippen LogP contribution < -0.4 is 5.32 Å². The van der Waals surface area contributed by atoms with Gasteiger partial charge in [-0.15, -0.1) is 0 Å². The fourth-order valence-corrected chi connectivity index (χ4v) is 2.39. The zero-order chi connectivity index (χ0) is 15.7. The highest BCUT2D eigenvalue weighted by molar-refractivity contribution is 5.32. The lowest BCUT2D eigenvalue weighted by molar-refractivity contribution is -0.0117. The summed E-state index contributed by atoms with van der Waals surface area (Å²) in [5, 5.41) is 3.59. The summed E-state index contributed by atoms with van der Waals surface area (Å²) >= 11 is 0. The summed E-state index contributed by atoms with van der Waals surface area (Å²) in [5.41, 5.74) is 3.96. The molecule has 0 bridgehead atoms. The van der Waals surface area contributed by atoms with Crippen molar-refractivity contribution >= 4 is 0 Å². The molecule has 3 heteroatoms. The van der Waals surface area contributed by atoms with Crippen molar-refractivity contribution in [1.29, 1.82) is 0 Å². The standard InChI is InChI=1S/C18H31NO2/c1-6-10-19-18(13-21-16(5)12-20-7-2)17-9-8-14(3)11-15(17)4/h8-9,11,16,18-19H,6-7,10,12-13H2,1-5H3. The molecular formula is C18H31NO2. The number of nitrogens with one attached hydrogen (secondary N) is 1. The Labute approximate surface area is 130 Å². The molecule has 0 saturated carbocycles. The first-order chi connectivity index (χ1) is 10.1. The molecule has 0 fully saturated rings. The Morgan fingerprint density at radius 3 is 2.52 bits per heavy atom. The van der Waals surface area contributed by atoms with E-state index in [0.29, 0.717) is 13.2 Å². The molecule has 1 aromatic carbocycles. The SMILES string of the molecule is CCCNC(COC(C)COCC)c1ccc(C)cc1C. The molecule has 1 rings (SSSR count). The van der Waals surface area contributed by atoms with Crippen molar-refractivity contribution in [1.82, 2.24) is 5.32 Å². The molecule has 2 unspecified atom stereocenters. The highest BCUT2D eigenvalue weighted by atomic mass is 16.5. The minimum Gasteiger partial charge on any atom is -0.379 e. The predicted octanol–water partition coefficient (Wildman–Crippen LogP) is 3.79. The lowest BCUT2D eigenvalue weighted by Gasteiger charge is -2.23. The number of hydrogen-bond donors (Lipinski definition) is 1. The Morgan fingerprint density at radius 2 is 1.90 bits per heavy atom. The molecule has 0 aliphatic heterocycles. The second-order valence-corrected chi connectivity index (χ2v) is 5.67. The van der Waals surface area contributed by atoms with Crippen LogP contribution in [0.3, 0.4) is 0 Å². The summed E-state index contributed by atoms with van der Waals surface area (Å²) in [7, 11) is 0. The van der Waals surface area contributed by atoms with Crippen LogP contribution in [0.25, 0.3) is 0 Å². The van der Waals surface area contributed by atoms with Gasteiger partial charge < -0.3 is 14.8 Å². The van der Waals surface area contributed by atoms with Gasteiger partial charge in [-0.2, -0.15) is 0 Å². The van der Waals surface area contributed by atoms with Crippen molar-refractivity contribution in [3.63, 3.8) is 0 Å². The first kappa shape index (κ1) is 18.1. The molecule has 0 heterocycles. The molecule has 0 aromatic heterocycles. The Bertz CT molecular complexity index is 406. The van der Waals surface area contributed by atoms with Crippen LogP contribution in [0.1, 0.15) is 49.9 Å². The smallest absolute Gasteiger partial charge is 0.0781 e. The van der Waals surface area contributed by atoms with Crippen molar-refractivity contribution in [2.75, 3.05) is 26.4 Å². The van der Waals surface area contributed by atoms with Crippen LogP contribution >= 0.6 is 0 Å². The normalized spacial score (nSPS) is 14.1. The van der Waals surface area contributed by atoms with E-state index in [4.69, 9.17) is 9.47 Å². The second kappa shape index (κ2) is 9.93. The van der Waals surface area contributed by atoms with Gasteiger partial charge in [-0.25, -0.2) is 0 Å². The quantitative estimate of drug-likeness (QED) is 0.712. The first-order valence-corrected chi connectivity index (χ1v) is 8.08. The largest absolute Gasteiger partial charge is 0.379 e. The van der Waals surface area contributed by atoms with Crippen LogP contribution in [0.2, 0.25) is 0 Å². The van der Waals surface area contributed by atoms with E-state index in [9.17, 15) is 0 Å². The number of aryl methyl sites for hydroxylation is 2. The zero-order valence-electron chi connectivity index (χ0n) is 14.2. The molecule has 0 saturated heterocycles. The number of benzene rings is 1. The van der Waals surface area contributed by atoms with Gasteiger partial charge in [0.15, 0.2) is 0 Å². The highest BCUT2D eigenvalue weighted by Crippen LogP contribution is 2.20. The molecule has 0 aliphatic carbocycles. The van der Waals surface area contributed by atoms with Crippen LogP contribution in [0.4, 0.5) is 0 Å². The molecule has 1 N–H and O–H groups in total. The van der Waals surface area contributed by atoms with Gasteiger partial charge >= 0.3 is 0 Å². The molecule has 2 atom stereocenters. The van der Waals surface area contributed by atoms with Gasteiger partial charge in [0.25, 0.3) is 0 Å².